The van der Waals surface area contributed by atoms with Gasteiger partial charge in [-0.2, -0.15) is 0 Å². The fourth-order valence-electron chi connectivity index (χ4n) is 1.42. The van der Waals surface area contributed by atoms with Crippen molar-refractivity contribution in [3.05, 3.63) is 64.5 Å². The van der Waals surface area contributed by atoms with Crippen molar-refractivity contribution in [2.45, 2.75) is 4.90 Å². The van der Waals surface area contributed by atoms with Crippen molar-refractivity contribution in [2.75, 3.05) is 7.11 Å². The van der Waals surface area contributed by atoms with Gasteiger partial charge in [-0.1, -0.05) is 35.5 Å². The Bertz CT molecular complexity index is 517. The number of halogens is 1. The van der Waals surface area contributed by atoms with Gasteiger partial charge >= 0.3 is 0 Å². The van der Waals surface area contributed by atoms with Crippen LogP contribution in [0.1, 0.15) is 5.56 Å². The summed E-state index contributed by atoms with van der Waals surface area (Å²) < 4.78 is 5.11. The van der Waals surface area contributed by atoms with Crippen LogP contribution >= 0.6 is 23.4 Å². The molecule has 3 heteroatoms. The Hall–Kier alpha value is -1.38. The van der Waals surface area contributed by atoms with Gasteiger partial charge in [0.2, 0.25) is 0 Å². The average molecular weight is 277 g/mol. The number of hydrogen-bond acceptors (Lipinski definition) is 2. The summed E-state index contributed by atoms with van der Waals surface area (Å²) >= 11 is 7.50. The molecule has 0 aliphatic heterocycles. The quantitative estimate of drug-likeness (QED) is 0.718. The van der Waals surface area contributed by atoms with E-state index in [1.807, 2.05) is 48.5 Å². The van der Waals surface area contributed by atoms with E-state index in [9.17, 15) is 0 Å². The molecule has 0 spiro atoms. The predicted octanol–water partition coefficient (Wildman–Crippen LogP) is 5.11. The number of ether oxygens (including phenoxy) is 1. The summed E-state index contributed by atoms with van der Waals surface area (Å²) in [5.74, 6) is 0.876. The Morgan fingerprint density at radius 2 is 1.67 bits per heavy atom. The van der Waals surface area contributed by atoms with E-state index in [1.165, 1.54) is 4.90 Å². The predicted molar refractivity (Wildman–Crippen MR) is 79.3 cm³/mol. The van der Waals surface area contributed by atoms with Crippen molar-refractivity contribution in [3.8, 4) is 5.75 Å². The second-order valence-electron chi connectivity index (χ2n) is 3.65. The van der Waals surface area contributed by atoms with E-state index in [0.29, 0.717) is 0 Å². The fraction of sp³-hybridized carbons (Fsp3) is 0.0667. The Kier molecular flexibility index (Phi) is 4.73. The van der Waals surface area contributed by atoms with Crippen LogP contribution in [-0.4, -0.2) is 7.11 Å². The molecule has 18 heavy (non-hydrogen) atoms. The Morgan fingerprint density at radius 3 is 2.28 bits per heavy atom. The van der Waals surface area contributed by atoms with Gasteiger partial charge in [-0.05, 0) is 53.4 Å². The van der Waals surface area contributed by atoms with Crippen LogP contribution < -0.4 is 4.74 Å². The van der Waals surface area contributed by atoms with Gasteiger partial charge in [-0.15, -0.1) is 0 Å². The van der Waals surface area contributed by atoms with Crippen molar-refractivity contribution in [2.24, 2.45) is 0 Å². The second-order valence-corrected chi connectivity index (χ2v) is 5.06. The van der Waals surface area contributed by atoms with Gasteiger partial charge in [0.15, 0.2) is 0 Å². The van der Waals surface area contributed by atoms with E-state index in [4.69, 9.17) is 16.3 Å². The van der Waals surface area contributed by atoms with Gasteiger partial charge < -0.3 is 4.74 Å². The number of methoxy groups -OCH3 is 1. The van der Waals surface area contributed by atoms with Gasteiger partial charge in [-0.3, -0.25) is 0 Å². The Morgan fingerprint density at radius 1 is 1.00 bits per heavy atom. The lowest BCUT2D eigenvalue weighted by molar-refractivity contribution is 0.414. The van der Waals surface area contributed by atoms with Crippen molar-refractivity contribution >= 4 is 29.4 Å². The van der Waals surface area contributed by atoms with Crippen LogP contribution in [0.25, 0.3) is 6.08 Å². The lowest BCUT2D eigenvalue weighted by Crippen LogP contribution is -1.80. The van der Waals surface area contributed by atoms with Gasteiger partial charge in [0.05, 0.1) is 7.11 Å². The molecular formula is C15H13ClOS. The van der Waals surface area contributed by atoms with Crippen molar-refractivity contribution in [3.63, 3.8) is 0 Å². The van der Waals surface area contributed by atoms with E-state index in [1.54, 1.807) is 18.9 Å². The molecule has 0 atom stereocenters. The van der Waals surface area contributed by atoms with Gasteiger partial charge in [0.1, 0.15) is 5.75 Å². The maximum atomic E-state index is 5.83. The SMILES string of the molecule is COc1ccc(S/C=C/c2ccc(Cl)cc2)cc1. The van der Waals surface area contributed by atoms with Gasteiger partial charge in [0.25, 0.3) is 0 Å². The van der Waals surface area contributed by atoms with E-state index in [0.717, 1.165) is 16.3 Å². The molecule has 0 amide bonds. The number of hydrogen-bond donors (Lipinski definition) is 0. The largest absolute Gasteiger partial charge is 0.497 e. The standard InChI is InChI=1S/C15H13ClOS/c1-17-14-6-8-15(9-7-14)18-11-10-12-2-4-13(16)5-3-12/h2-11H,1H3/b11-10+. The molecular weight excluding hydrogens is 264 g/mol. The van der Waals surface area contributed by atoms with E-state index in [2.05, 4.69) is 11.5 Å². The maximum Gasteiger partial charge on any atom is 0.118 e. The molecule has 2 aromatic carbocycles. The first kappa shape index (κ1) is 13.1. The molecule has 92 valence electrons. The van der Waals surface area contributed by atoms with Crippen LogP contribution in [0.4, 0.5) is 0 Å². The van der Waals surface area contributed by atoms with Crippen molar-refractivity contribution < 1.29 is 4.74 Å². The first-order chi connectivity index (χ1) is 8.78. The van der Waals surface area contributed by atoms with E-state index >= 15 is 0 Å². The highest BCUT2D eigenvalue weighted by Gasteiger charge is 1.93. The lowest BCUT2D eigenvalue weighted by Gasteiger charge is -2.00. The minimum absolute atomic E-state index is 0.759. The van der Waals surface area contributed by atoms with Crippen LogP contribution in [0.2, 0.25) is 5.02 Å². The summed E-state index contributed by atoms with van der Waals surface area (Å²) in [5.41, 5.74) is 1.14. The zero-order valence-electron chi connectivity index (χ0n) is 9.97. The van der Waals surface area contributed by atoms with Crippen LogP contribution in [0.3, 0.4) is 0 Å². The first-order valence-corrected chi connectivity index (χ1v) is 6.76. The van der Waals surface area contributed by atoms with E-state index in [-0.39, 0.29) is 0 Å². The van der Waals surface area contributed by atoms with Crippen LogP contribution in [0, 0.1) is 0 Å². The summed E-state index contributed by atoms with van der Waals surface area (Å²) in [6, 6.07) is 15.8. The fourth-order valence-corrected chi connectivity index (χ4v) is 2.22. The zero-order valence-corrected chi connectivity index (χ0v) is 11.5. The van der Waals surface area contributed by atoms with Gasteiger partial charge in [0, 0.05) is 9.92 Å². The van der Waals surface area contributed by atoms with Crippen molar-refractivity contribution in [1.82, 2.24) is 0 Å². The Balaban J connectivity index is 1.95. The third-order valence-electron chi connectivity index (χ3n) is 2.39. The number of benzene rings is 2. The molecule has 0 saturated carbocycles. The van der Waals surface area contributed by atoms with Crippen LogP contribution in [0.5, 0.6) is 5.75 Å². The minimum Gasteiger partial charge on any atom is -0.497 e. The summed E-state index contributed by atoms with van der Waals surface area (Å²) in [6.07, 6.45) is 2.06. The van der Waals surface area contributed by atoms with Crippen LogP contribution in [0.15, 0.2) is 58.8 Å². The monoisotopic (exact) mass is 276 g/mol. The normalized spacial score (nSPS) is 10.8. The highest BCUT2D eigenvalue weighted by atomic mass is 35.5. The smallest absolute Gasteiger partial charge is 0.118 e. The third kappa shape index (κ3) is 3.83. The molecule has 0 aliphatic rings. The molecule has 0 bridgehead atoms. The van der Waals surface area contributed by atoms with Crippen LogP contribution in [-0.2, 0) is 0 Å². The molecule has 0 unspecified atom stereocenters. The zero-order chi connectivity index (χ0) is 12.8. The Labute approximate surface area is 116 Å². The second kappa shape index (κ2) is 6.53. The average Bonchev–Trinajstić information content (AvgIpc) is 2.42. The molecule has 0 radical (unpaired) electrons. The summed E-state index contributed by atoms with van der Waals surface area (Å²) in [6.45, 7) is 0. The van der Waals surface area contributed by atoms with Gasteiger partial charge in [-0.25, -0.2) is 0 Å². The number of thioether (sulfide) groups is 1. The molecule has 1 nitrogen and oxygen atoms in total. The van der Waals surface area contributed by atoms with Crippen molar-refractivity contribution in [1.29, 1.82) is 0 Å². The molecule has 0 N–H and O–H groups in total. The molecule has 0 aromatic heterocycles. The molecule has 0 saturated heterocycles. The lowest BCUT2D eigenvalue weighted by atomic mass is 10.2. The highest BCUT2D eigenvalue weighted by molar-refractivity contribution is 8.02. The topological polar surface area (TPSA) is 9.23 Å². The molecule has 0 heterocycles. The molecule has 0 aliphatic carbocycles. The summed E-state index contributed by atoms with van der Waals surface area (Å²) in [5, 5.41) is 2.82. The minimum atomic E-state index is 0.759. The molecule has 2 rings (SSSR count). The highest BCUT2D eigenvalue weighted by Crippen LogP contribution is 2.23. The maximum absolute atomic E-state index is 5.83. The summed E-state index contributed by atoms with van der Waals surface area (Å²) in [7, 11) is 1.67. The third-order valence-corrected chi connectivity index (χ3v) is 3.46. The molecule has 0 fully saturated rings. The molecule has 2 aromatic rings. The van der Waals surface area contributed by atoms with E-state index < -0.39 is 0 Å². The first-order valence-electron chi connectivity index (χ1n) is 5.51. The number of rotatable bonds is 4. The summed E-state index contributed by atoms with van der Waals surface area (Å²) in [4.78, 5) is 1.18.